The molecule has 0 spiro atoms. The van der Waals surface area contributed by atoms with Crippen LogP contribution in [0.15, 0.2) is 53.9 Å². The van der Waals surface area contributed by atoms with E-state index in [0.717, 1.165) is 23.3 Å². The minimum atomic E-state index is -0.480. The molecule has 1 aliphatic heterocycles. The number of aliphatic hydroxyl groups excluding tert-OH is 1. The van der Waals surface area contributed by atoms with Crippen LogP contribution in [0.4, 0.5) is 0 Å². The van der Waals surface area contributed by atoms with Gasteiger partial charge < -0.3 is 9.84 Å². The second-order valence-electron chi connectivity index (χ2n) is 5.41. The molecule has 2 aromatic carbocycles. The van der Waals surface area contributed by atoms with Crippen molar-refractivity contribution >= 4 is 21.4 Å². The number of rotatable bonds is 2. The molecule has 3 heteroatoms. The molecule has 1 aliphatic rings. The monoisotopic (exact) mass is 296 g/mol. The van der Waals surface area contributed by atoms with Crippen LogP contribution in [0.5, 0.6) is 5.75 Å². The van der Waals surface area contributed by atoms with Crippen LogP contribution in [0.2, 0.25) is 0 Å². The Balaban J connectivity index is 1.77. The Morgan fingerprint density at radius 1 is 1.10 bits per heavy atom. The standard InChI is InChI=1S/C18H16O2S/c19-18(15-11-21-17-8-4-2-6-13(15)17)14-9-10-20-16-7-3-1-5-12(14)16/h1-8,11,14,18-19H,9-10H2. The van der Waals surface area contributed by atoms with Gasteiger partial charge in [0.25, 0.3) is 0 Å². The van der Waals surface area contributed by atoms with Gasteiger partial charge in [-0.1, -0.05) is 36.4 Å². The van der Waals surface area contributed by atoms with Crippen molar-refractivity contribution in [2.24, 2.45) is 0 Å². The number of hydrogen-bond donors (Lipinski definition) is 1. The molecule has 1 aromatic heterocycles. The van der Waals surface area contributed by atoms with E-state index in [9.17, 15) is 5.11 Å². The van der Waals surface area contributed by atoms with E-state index in [-0.39, 0.29) is 5.92 Å². The molecule has 2 unspecified atom stereocenters. The summed E-state index contributed by atoms with van der Waals surface area (Å²) in [7, 11) is 0. The molecule has 106 valence electrons. The highest BCUT2D eigenvalue weighted by atomic mass is 32.1. The summed E-state index contributed by atoms with van der Waals surface area (Å²) in [5.74, 6) is 1.01. The number of benzene rings is 2. The maximum absolute atomic E-state index is 10.9. The van der Waals surface area contributed by atoms with Gasteiger partial charge in [-0.15, -0.1) is 11.3 Å². The number of hydrogen-bond acceptors (Lipinski definition) is 3. The normalized spacial score (nSPS) is 19.0. The largest absolute Gasteiger partial charge is 0.493 e. The molecular formula is C18H16O2S. The van der Waals surface area contributed by atoms with E-state index in [1.54, 1.807) is 11.3 Å². The van der Waals surface area contributed by atoms with Crippen LogP contribution in [0.1, 0.15) is 29.6 Å². The molecule has 0 aliphatic carbocycles. The van der Waals surface area contributed by atoms with Crippen molar-refractivity contribution in [2.75, 3.05) is 6.61 Å². The van der Waals surface area contributed by atoms with Crippen LogP contribution in [0, 0.1) is 0 Å². The first-order chi connectivity index (χ1) is 10.3. The van der Waals surface area contributed by atoms with Gasteiger partial charge in [-0.2, -0.15) is 0 Å². The predicted octanol–water partition coefficient (Wildman–Crippen LogP) is 4.50. The van der Waals surface area contributed by atoms with Gasteiger partial charge in [-0.3, -0.25) is 0 Å². The second kappa shape index (κ2) is 5.17. The van der Waals surface area contributed by atoms with Gasteiger partial charge in [0, 0.05) is 16.2 Å². The average Bonchev–Trinajstić information content (AvgIpc) is 2.98. The Kier molecular flexibility index (Phi) is 3.17. The van der Waals surface area contributed by atoms with E-state index in [1.807, 2.05) is 30.3 Å². The van der Waals surface area contributed by atoms with Crippen molar-refractivity contribution in [1.82, 2.24) is 0 Å². The van der Waals surface area contributed by atoms with Crippen LogP contribution in [-0.4, -0.2) is 11.7 Å². The second-order valence-corrected chi connectivity index (χ2v) is 6.32. The van der Waals surface area contributed by atoms with Crippen molar-refractivity contribution in [3.63, 3.8) is 0 Å². The fraction of sp³-hybridized carbons (Fsp3) is 0.222. The summed E-state index contributed by atoms with van der Waals surface area (Å²) >= 11 is 1.70. The summed E-state index contributed by atoms with van der Waals surface area (Å²) in [6, 6.07) is 16.3. The SMILES string of the molecule is OC(c1csc2ccccc12)C1CCOc2ccccc21. The maximum Gasteiger partial charge on any atom is 0.122 e. The van der Waals surface area contributed by atoms with Crippen molar-refractivity contribution < 1.29 is 9.84 Å². The first-order valence-corrected chi connectivity index (χ1v) is 8.08. The highest BCUT2D eigenvalue weighted by Gasteiger charge is 2.29. The summed E-state index contributed by atoms with van der Waals surface area (Å²) in [5, 5.41) is 14.2. The average molecular weight is 296 g/mol. The Morgan fingerprint density at radius 3 is 2.86 bits per heavy atom. The third-order valence-corrected chi connectivity index (χ3v) is 5.20. The first-order valence-electron chi connectivity index (χ1n) is 7.20. The molecule has 2 nitrogen and oxygen atoms in total. The molecule has 21 heavy (non-hydrogen) atoms. The smallest absolute Gasteiger partial charge is 0.122 e. The Hall–Kier alpha value is -1.84. The van der Waals surface area contributed by atoms with Crippen molar-refractivity contribution in [3.05, 3.63) is 65.0 Å². The third-order valence-electron chi connectivity index (χ3n) is 4.22. The molecule has 2 atom stereocenters. The minimum Gasteiger partial charge on any atom is -0.493 e. The van der Waals surface area contributed by atoms with Gasteiger partial charge in [0.15, 0.2) is 0 Å². The molecule has 0 fully saturated rings. The van der Waals surface area contributed by atoms with Crippen molar-refractivity contribution in [2.45, 2.75) is 18.4 Å². The lowest BCUT2D eigenvalue weighted by molar-refractivity contribution is 0.119. The molecule has 1 N–H and O–H groups in total. The lowest BCUT2D eigenvalue weighted by Crippen LogP contribution is -2.19. The Labute approximate surface area is 127 Å². The van der Waals surface area contributed by atoms with E-state index in [1.165, 1.54) is 10.1 Å². The summed E-state index contributed by atoms with van der Waals surface area (Å²) in [5.41, 5.74) is 2.16. The van der Waals surface area contributed by atoms with Crippen LogP contribution >= 0.6 is 11.3 Å². The fourth-order valence-corrected chi connectivity index (χ4v) is 4.13. The summed E-state index contributed by atoms with van der Waals surface area (Å²) in [6.07, 6.45) is 0.369. The van der Waals surface area contributed by atoms with E-state index in [2.05, 4.69) is 23.6 Å². The number of para-hydroxylation sites is 1. The first kappa shape index (κ1) is 12.9. The van der Waals surface area contributed by atoms with E-state index in [0.29, 0.717) is 6.61 Å². The van der Waals surface area contributed by atoms with Crippen LogP contribution in [-0.2, 0) is 0 Å². The zero-order chi connectivity index (χ0) is 14.2. The molecule has 0 saturated heterocycles. The third kappa shape index (κ3) is 2.13. The zero-order valence-corrected chi connectivity index (χ0v) is 12.3. The molecule has 3 aromatic rings. The topological polar surface area (TPSA) is 29.5 Å². The van der Waals surface area contributed by atoms with E-state index in [4.69, 9.17) is 4.74 Å². The fourth-order valence-electron chi connectivity index (χ4n) is 3.14. The summed E-state index contributed by atoms with van der Waals surface area (Å²) in [4.78, 5) is 0. The predicted molar refractivity (Wildman–Crippen MR) is 86.1 cm³/mol. The molecular weight excluding hydrogens is 280 g/mol. The molecule has 0 radical (unpaired) electrons. The lowest BCUT2D eigenvalue weighted by Gasteiger charge is -2.29. The van der Waals surface area contributed by atoms with Gasteiger partial charge >= 0.3 is 0 Å². The zero-order valence-electron chi connectivity index (χ0n) is 11.5. The van der Waals surface area contributed by atoms with Crippen LogP contribution in [0.25, 0.3) is 10.1 Å². The van der Waals surface area contributed by atoms with Gasteiger partial charge in [0.2, 0.25) is 0 Å². The minimum absolute atomic E-state index is 0.105. The number of thiophene rings is 1. The quantitative estimate of drug-likeness (QED) is 0.754. The van der Waals surface area contributed by atoms with Crippen molar-refractivity contribution in [3.8, 4) is 5.75 Å². The highest BCUT2D eigenvalue weighted by Crippen LogP contribution is 2.43. The summed E-state index contributed by atoms with van der Waals surface area (Å²) in [6.45, 7) is 0.667. The number of aliphatic hydroxyl groups is 1. The van der Waals surface area contributed by atoms with Crippen LogP contribution < -0.4 is 4.74 Å². The highest BCUT2D eigenvalue weighted by molar-refractivity contribution is 7.17. The molecule has 4 rings (SSSR count). The number of ether oxygens (including phenoxy) is 1. The van der Waals surface area contributed by atoms with Crippen LogP contribution in [0.3, 0.4) is 0 Å². The van der Waals surface area contributed by atoms with Gasteiger partial charge in [-0.25, -0.2) is 0 Å². The van der Waals surface area contributed by atoms with Gasteiger partial charge in [0.05, 0.1) is 12.7 Å². The van der Waals surface area contributed by atoms with E-state index < -0.39 is 6.10 Å². The molecule has 2 heterocycles. The Morgan fingerprint density at radius 2 is 1.90 bits per heavy atom. The van der Waals surface area contributed by atoms with Gasteiger partial charge in [0.1, 0.15) is 5.75 Å². The Bertz CT molecular complexity index is 777. The molecule has 0 amide bonds. The van der Waals surface area contributed by atoms with Crippen molar-refractivity contribution in [1.29, 1.82) is 0 Å². The molecule has 0 bridgehead atoms. The molecule has 0 saturated carbocycles. The van der Waals surface area contributed by atoms with E-state index >= 15 is 0 Å². The van der Waals surface area contributed by atoms with Gasteiger partial charge in [-0.05, 0) is 34.9 Å². The lowest BCUT2D eigenvalue weighted by atomic mass is 9.85. The summed E-state index contributed by atoms with van der Waals surface area (Å²) < 4.78 is 6.93. The number of fused-ring (bicyclic) bond motifs is 2. The maximum atomic E-state index is 10.9.